The van der Waals surface area contributed by atoms with Gasteiger partial charge >= 0.3 is 6.18 Å². The number of benzene rings is 1. The van der Waals surface area contributed by atoms with E-state index < -0.39 is 17.6 Å². The number of hydrogen-bond acceptors (Lipinski definition) is 2. The molecule has 18 heavy (non-hydrogen) atoms. The molecule has 1 aromatic carbocycles. The van der Waals surface area contributed by atoms with Crippen LogP contribution in [-0.2, 0) is 6.18 Å². The predicted octanol–water partition coefficient (Wildman–Crippen LogP) is 3.78. The van der Waals surface area contributed by atoms with Crippen molar-refractivity contribution in [2.24, 2.45) is 0 Å². The van der Waals surface area contributed by atoms with Gasteiger partial charge in [-0.25, -0.2) is 4.68 Å². The Balaban J connectivity index is 2.65. The van der Waals surface area contributed by atoms with Gasteiger partial charge in [0.1, 0.15) is 0 Å². The molecule has 0 saturated heterocycles. The Morgan fingerprint density at radius 2 is 1.89 bits per heavy atom. The van der Waals surface area contributed by atoms with Crippen LogP contribution in [0.5, 0.6) is 0 Å². The normalized spacial score (nSPS) is 11.8. The standard InChI is InChI=1S/C10H6Cl2F3N3/c11-5-1-2-8(6(12)3-5)18-9(10(13,14)15)7(16)4-17-18/h1-4H,16H2. The molecule has 0 spiro atoms. The minimum atomic E-state index is -4.62. The van der Waals surface area contributed by atoms with Gasteiger partial charge in [-0.1, -0.05) is 23.2 Å². The summed E-state index contributed by atoms with van der Waals surface area (Å²) in [5, 5.41) is 3.96. The van der Waals surface area contributed by atoms with Crippen LogP contribution in [0.1, 0.15) is 5.69 Å². The Hall–Kier alpha value is -1.40. The van der Waals surface area contributed by atoms with Crippen LogP contribution in [0.2, 0.25) is 10.0 Å². The first-order valence-corrected chi connectivity index (χ1v) is 5.42. The Bertz CT molecular complexity index is 593. The molecule has 2 rings (SSSR count). The first-order valence-electron chi connectivity index (χ1n) is 4.67. The topological polar surface area (TPSA) is 43.8 Å². The highest BCUT2D eigenvalue weighted by molar-refractivity contribution is 6.35. The van der Waals surface area contributed by atoms with Gasteiger partial charge in [-0.3, -0.25) is 0 Å². The Morgan fingerprint density at radius 3 is 2.44 bits per heavy atom. The molecule has 0 aliphatic rings. The lowest BCUT2D eigenvalue weighted by molar-refractivity contribution is -0.142. The van der Waals surface area contributed by atoms with E-state index in [0.29, 0.717) is 9.70 Å². The van der Waals surface area contributed by atoms with E-state index in [4.69, 9.17) is 28.9 Å². The van der Waals surface area contributed by atoms with E-state index in [1.807, 2.05) is 0 Å². The fourth-order valence-electron chi connectivity index (χ4n) is 1.48. The van der Waals surface area contributed by atoms with Crippen LogP contribution in [0, 0.1) is 0 Å². The zero-order valence-electron chi connectivity index (χ0n) is 8.67. The van der Waals surface area contributed by atoms with Gasteiger partial charge in [-0.15, -0.1) is 0 Å². The Labute approximate surface area is 110 Å². The van der Waals surface area contributed by atoms with Crippen LogP contribution >= 0.6 is 23.2 Å². The predicted molar refractivity (Wildman–Crippen MR) is 63.0 cm³/mol. The zero-order valence-corrected chi connectivity index (χ0v) is 10.2. The van der Waals surface area contributed by atoms with E-state index in [9.17, 15) is 13.2 Å². The third kappa shape index (κ3) is 2.26. The molecule has 96 valence electrons. The summed E-state index contributed by atoms with van der Waals surface area (Å²) in [6.45, 7) is 0. The third-order valence-electron chi connectivity index (χ3n) is 2.20. The van der Waals surface area contributed by atoms with Gasteiger partial charge in [0.15, 0.2) is 5.69 Å². The molecule has 0 atom stereocenters. The molecular weight excluding hydrogens is 290 g/mol. The van der Waals surface area contributed by atoms with Crippen LogP contribution in [-0.4, -0.2) is 9.78 Å². The lowest BCUT2D eigenvalue weighted by Gasteiger charge is -2.12. The number of nitrogen functional groups attached to an aromatic ring is 1. The molecule has 2 N–H and O–H groups in total. The molecule has 0 amide bonds. The van der Waals surface area contributed by atoms with Crippen molar-refractivity contribution in [2.75, 3.05) is 5.73 Å². The lowest BCUT2D eigenvalue weighted by Crippen LogP contribution is -2.15. The number of nitrogens with zero attached hydrogens (tertiary/aromatic N) is 2. The minimum Gasteiger partial charge on any atom is -0.396 e. The maximum Gasteiger partial charge on any atom is 0.435 e. The monoisotopic (exact) mass is 295 g/mol. The quantitative estimate of drug-likeness (QED) is 0.870. The molecule has 0 unspecified atom stereocenters. The molecule has 0 aliphatic heterocycles. The molecule has 1 heterocycles. The van der Waals surface area contributed by atoms with E-state index >= 15 is 0 Å². The van der Waals surface area contributed by atoms with Crippen LogP contribution in [0.25, 0.3) is 5.69 Å². The molecule has 2 aromatic rings. The van der Waals surface area contributed by atoms with Crippen LogP contribution in [0.4, 0.5) is 18.9 Å². The number of aromatic nitrogens is 2. The van der Waals surface area contributed by atoms with Crippen molar-refractivity contribution in [1.29, 1.82) is 0 Å². The van der Waals surface area contributed by atoms with Gasteiger partial charge in [-0.2, -0.15) is 18.3 Å². The van der Waals surface area contributed by atoms with Crippen molar-refractivity contribution < 1.29 is 13.2 Å². The number of rotatable bonds is 1. The summed E-state index contributed by atoms with van der Waals surface area (Å²) >= 11 is 11.5. The molecule has 0 saturated carbocycles. The van der Waals surface area contributed by atoms with Crippen molar-refractivity contribution >= 4 is 28.9 Å². The summed E-state index contributed by atoms with van der Waals surface area (Å²) in [7, 11) is 0. The largest absolute Gasteiger partial charge is 0.435 e. The summed E-state index contributed by atoms with van der Waals surface area (Å²) in [4.78, 5) is 0. The maximum atomic E-state index is 12.8. The van der Waals surface area contributed by atoms with Crippen LogP contribution in [0.3, 0.4) is 0 Å². The second kappa shape index (κ2) is 4.37. The second-order valence-corrected chi connectivity index (χ2v) is 4.30. The van der Waals surface area contributed by atoms with Gasteiger partial charge < -0.3 is 5.73 Å². The van der Waals surface area contributed by atoms with Gasteiger partial charge in [0.05, 0.1) is 22.6 Å². The summed E-state index contributed by atoms with van der Waals surface area (Å²) < 4.78 is 39.1. The first kappa shape index (κ1) is 13.0. The van der Waals surface area contributed by atoms with E-state index in [1.54, 1.807) is 0 Å². The van der Waals surface area contributed by atoms with Gasteiger partial charge in [0.2, 0.25) is 0 Å². The molecular formula is C10H6Cl2F3N3. The third-order valence-corrected chi connectivity index (χ3v) is 2.74. The van der Waals surface area contributed by atoms with Gasteiger partial charge in [0.25, 0.3) is 0 Å². The number of anilines is 1. The molecule has 1 aromatic heterocycles. The van der Waals surface area contributed by atoms with Crippen molar-refractivity contribution in [1.82, 2.24) is 9.78 Å². The van der Waals surface area contributed by atoms with E-state index in [0.717, 1.165) is 6.20 Å². The summed E-state index contributed by atoms with van der Waals surface area (Å²) in [6, 6.07) is 4.09. The van der Waals surface area contributed by atoms with Gasteiger partial charge in [0, 0.05) is 5.02 Å². The minimum absolute atomic E-state index is 0.0519. The average Bonchev–Trinajstić information content (AvgIpc) is 2.59. The molecule has 0 radical (unpaired) electrons. The lowest BCUT2D eigenvalue weighted by atomic mass is 10.3. The van der Waals surface area contributed by atoms with E-state index in [-0.39, 0.29) is 10.7 Å². The zero-order chi connectivity index (χ0) is 13.5. The molecule has 0 aliphatic carbocycles. The molecule has 0 bridgehead atoms. The maximum absolute atomic E-state index is 12.8. The number of alkyl halides is 3. The van der Waals surface area contributed by atoms with Crippen molar-refractivity contribution in [3.05, 3.63) is 40.1 Å². The highest BCUT2D eigenvalue weighted by Crippen LogP contribution is 2.36. The average molecular weight is 296 g/mol. The fourth-order valence-corrected chi connectivity index (χ4v) is 1.97. The van der Waals surface area contributed by atoms with Crippen LogP contribution in [0.15, 0.2) is 24.4 Å². The van der Waals surface area contributed by atoms with Crippen molar-refractivity contribution in [3.63, 3.8) is 0 Å². The number of hydrogen-bond donors (Lipinski definition) is 1. The Kier molecular flexibility index (Phi) is 3.16. The van der Waals surface area contributed by atoms with Crippen molar-refractivity contribution in [3.8, 4) is 5.69 Å². The SMILES string of the molecule is Nc1cnn(-c2ccc(Cl)cc2Cl)c1C(F)(F)F. The highest BCUT2D eigenvalue weighted by Gasteiger charge is 2.38. The summed E-state index contributed by atoms with van der Waals surface area (Å²) in [5.74, 6) is 0. The smallest absolute Gasteiger partial charge is 0.396 e. The number of halogens is 5. The van der Waals surface area contributed by atoms with Crippen LogP contribution < -0.4 is 5.73 Å². The molecule has 8 heteroatoms. The number of nitrogens with two attached hydrogens (primary N) is 1. The first-order chi connectivity index (χ1) is 8.30. The van der Waals surface area contributed by atoms with Crippen molar-refractivity contribution in [2.45, 2.75) is 6.18 Å². The molecule has 0 fully saturated rings. The Morgan fingerprint density at radius 1 is 1.22 bits per heavy atom. The fraction of sp³-hybridized carbons (Fsp3) is 0.100. The summed E-state index contributed by atoms with van der Waals surface area (Å²) in [5.41, 5.74) is 3.81. The van der Waals surface area contributed by atoms with E-state index in [1.165, 1.54) is 18.2 Å². The second-order valence-electron chi connectivity index (χ2n) is 3.45. The van der Waals surface area contributed by atoms with Gasteiger partial charge in [-0.05, 0) is 18.2 Å². The molecule has 3 nitrogen and oxygen atoms in total. The highest BCUT2D eigenvalue weighted by atomic mass is 35.5. The summed E-state index contributed by atoms with van der Waals surface area (Å²) in [6.07, 6.45) is -3.70. The van der Waals surface area contributed by atoms with E-state index in [2.05, 4.69) is 5.10 Å².